The van der Waals surface area contributed by atoms with Gasteiger partial charge in [-0.3, -0.25) is 4.79 Å². The Kier molecular flexibility index (Phi) is 8.15. The van der Waals surface area contributed by atoms with Crippen molar-refractivity contribution >= 4 is 16.8 Å². The van der Waals surface area contributed by atoms with Crippen LogP contribution in [0.3, 0.4) is 0 Å². The number of aromatic nitrogens is 1. The smallest absolute Gasteiger partial charge is 0.225 e. The van der Waals surface area contributed by atoms with E-state index in [0.717, 1.165) is 62.9 Å². The Bertz CT molecular complexity index is 953. The van der Waals surface area contributed by atoms with E-state index in [1.54, 1.807) is 6.07 Å². The highest BCUT2D eigenvalue weighted by atomic mass is 19.1. The van der Waals surface area contributed by atoms with Gasteiger partial charge in [-0.25, -0.2) is 9.37 Å². The largest absolute Gasteiger partial charge is 0.493 e. The van der Waals surface area contributed by atoms with E-state index in [9.17, 15) is 9.18 Å². The van der Waals surface area contributed by atoms with Crippen LogP contribution in [-0.2, 0) is 20.9 Å². The average Bonchev–Trinajstić information content (AvgIpc) is 2.85. The number of hydrogen-bond acceptors (Lipinski definition) is 5. The molecule has 180 valence electrons. The minimum atomic E-state index is -0.296. The number of rotatable bonds is 8. The molecule has 1 aromatic heterocycles. The van der Waals surface area contributed by atoms with Crippen LogP contribution >= 0.6 is 0 Å². The van der Waals surface area contributed by atoms with Crippen molar-refractivity contribution in [1.29, 1.82) is 0 Å². The number of carbonyl (C=O) groups is 1. The second-order valence-corrected chi connectivity index (χ2v) is 9.10. The van der Waals surface area contributed by atoms with Gasteiger partial charge in [0.15, 0.2) is 0 Å². The van der Waals surface area contributed by atoms with Gasteiger partial charge in [0.2, 0.25) is 5.91 Å². The topological polar surface area (TPSA) is 60.9 Å². The summed E-state index contributed by atoms with van der Waals surface area (Å²) in [5, 5.41) is 0.701. The third kappa shape index (κ3) is 5.82. The lowest BCUT2D eigenvalue weighted by Gasteiger charge is -2.35. The van der Waals surface area contributed by atoms with E-state index in [1.165, 1.54) is 12.1 Å². The monoisotopic (exact) mass is 458 g/mol. The van der Waals surface area contributed by atoms with Crippen LogP contribution in [0.2, 0.25) is 0 Å². The summed E-state index contributed by atoms with van der Waals surface area (Å²) in [6, 6.07) is 4.61. The fourth-order valence-electron chi connectivity index (χ4n) is 4.64. The van der Waals surface area contributed by atoms with Crippen molar-refractivity contribution in [3.05, 3.63) is 35.3 Å². The quantitative estimate of drug-likeness (QED) is 0.532. The Morgan fingerprint density at radius 2 is 1.97 bits per heavy atom. The van der Waals surface area contributed by atoms with Crippen LogP contribution in [-0.4, -0.2) is 54.8 Å². The van der Waals surface area contributed by atoms with Gasteiger partial charge in [-0.1, -0.05) is 13.3 Å². The summed E-state index contributed by atoms with van der Waals surface area (Å²) in [6.45, 7) is 7.88. The molecule has 2 aromatic rings. The van der Waals surface area contributed by atoms with Crippen molar-refractivity contribution in [1.82, 2.24) is 9.88 Å². The molecule has 2 fully saturated rings. The molecule has 1 aromatic carbocycles. The first kappa shape index (κ1) is 23.9. The van der Waals surface area contributed by atoms with E-state index in [4.69, 9.17) is 19.2 Å². The van der Waals surface area contributed by atoms with Crippen LogP contribution in [0.15, 0.2) is 18.2 Å². The van der Waals surface area contributed by atoms with Gasteiger partial charge in [0, 0.05) is 43.2 Å². The zero-order valence-electron chi connectivity index (χ0n) is 19.8. The molecule has 6 nitrogen and oxygen atoms in total. The molecule has 0 saturated carbocycles. The summed E-state index contributed by atoms with van der Waals surface area (Å²) in [5.74, 6) is 0.778. The maximum atomic E-state index is 13.9. The lowest BCUT2D eigenvalue weighted by atomic mass is 9.97. The molecule has 1 amide bonds. The molecule has 3 heterocycles. The van der Waals surface area contributed by atoms with Gasteiger partial charge in [-0.05, 0) is 57.2 Å². The number of ether oxygens (including phenoxy) is 3. The second-order valence-electron chi connectivity index (χ2n) is 9.10. The average molecular weight is 459 g/mol. The van der Waals surface area contributed by atoms with Gasteiger partial charge >= 0.3 is 0 Å². The molecule has 2 saturated heterocycles. The number of hydrogen-bond donors (Lipinski definition) is 0. The minimum Gasteiger partial charge on any atom is -0.493 e. The first-order chi connectivity index (χ1) is 16.1. The normalized spacial score (nSPS) is 18.1. The molecule has 33 heavy (non-hydrogen) atoms. The molecule has 0 bridgehead atoms. The van der Waals surface area contributed by atoms with Gasteiger partial charge in [-0.15, -0.1) is 0 Å². The Labute approximate surface area is 195 Å². The number of piperidine rings is 1. The fraction of sp³-hybridized carbons (Fsp3) is 0.615. The first-order valence-corrected chi connectivity index (χ1v) is 12.3. The number of pyridine rings is 1. The summed E-state index contributed by atoms with van der Waals surface area (Å²) in [4.78, 5) is 19.5. The Hall–Kier alpha value is -2.25. The summed E-state index contributed by atoms with van der Waals surface area (Å²) in [7, 11) is 0. The number of halogens is 1. The zero-order valence-corrected chi connectivity index (χ0v) is 19.8. The van der Waals surface area contributed by atoms with Crippen LogP contribution in [0.5, 0.6) is 5.75 Å². The van der Waals surface area contributed by atoms with Gasteiger partial charge < -0.3 is 19.1 Å². The molecule has 0 radical (unpaired) electrons. The summed E-state index contributed by atoms with van der Waals surface area (Å²) >= 11 is 0. The summed E-state index contributed by atoms with van der Waals surface area (Å²) in [6.07, 6.45) is 5.37. The van der Waals surface area contributed by atoms with Crippen LogP contribution in [0.25, 0.3) is 10.9 Å². The van der Waals surface area contributed by atoms with Crippen molar-refractivity contribution in [3.8, 4) is 5.75 Å². The van der Waals surface area contributed by atoms with E-state index in [0.29, 0.717) is 43.1 Å². The third-order valence-corrected chi connectivity index (χ3v) is 6.76. The fourth-order valence-corrected chi connectivity index (χ4v) is 4.64. The number of nitrogens with zero attached hydrogens (tertiary/aromatic N) is 2. The van der Waals surface area contributed by atoms with Crippen LogP contribution in [0.4, 0.5) is 4.39 Å². The second kappa shape index (κ2) is 11.3. The molecule has 2 aliphatic heterocycles. The van der Waals surface area contributed by atoms with Crippen molar-refractivity contribution in [2.75, 3.05) is 32.9 Å². The lowest BCUT2D eigenvalue weighted by molar-refractivity contribution is -0.141. The van der Waals surface area contributed by atoms with Crippen molar-refractivity contribution < 1.29 is 23.4 Å². The molecule has 0 spiro atoms. The molecular formula is C26H35FN2O4. The molecular weight excluding hydrogens is 423 g/mol. The molecule has 2 aliphatic rings. The van der Waals surface area contributed by atoms with Crippen LogP contribution < -0.4 is 4.74 Å². The molecule has 0 unspecified atom stereocenters. The lowest BCUT2D eigenvalue weighted by Crippen LogP contribution is -2.44. The standard InChI is InChI=1S/C26H35FN2O4/c1-3-4-13-32-25-18(2)24(28-23-6-5-20(27)16-22(23)25)17-33-21-7-11-29(12-8-21)26(30)19-9-14-31-15-10-19/h5-6,16,19,21H,3-4,7-15,17H2,1-2H3. The minimum absolute atomic E-state index is 0.0957. The molecule has 0 atom stereocenters. The van der Waals surface area contributed by atoms with Crippen molar-refractivity contribution in [2.24, 2.45) is 5.92 Å². The van der Waals surface area contributed by atoms with Crippen LogP contribution in [0.1, 0.15) is 56.7 Å². The summed E-state index contributed by atoms with van der Waals surface area (Å²) in [5.41, 5.74) is 2.43. The van der Waals surface area contributed by atoms with Crippen molar-refractivity contribution in [3.63, 3.8) is 0 Å². The molecule has 4 rings (SSSR count). The maximum absolute atomic E-state index is 13.9. The highest BCUT2D eigenvalue weighted by molar-refractivity contribution is 5.86. The van der Waals surface area contributed by atoms with Crippen LogP contribution in [0, 0.1) is 18.7 Å². The van der Waals surface area contributed by atoms with E-state index in [-0.39, 0.29) is 23.7 Å². The number of benzene rings is 1. The first-order valence-electron chi connectivity index (χ1n) is 12.3. The number of amides is 1. The van der Waals surface area contributed by atoms with E-state index in [2.05, 4.69) is 6.92 Å². The molecule has 7 heteroatoms. The molecule has 0 N–H and O–H groups in total. The predicted molar refractivity (Wildman–Crippen MR) is 125 cm³/mol. The number of fused-ring (bicyclic) bond motifs is 1. The van der Waals surface area contributed by atoms with Gasteiger partial charge in [0.1, 0.15) is 11.6 Å². The Morgan fingerprint density at radius 1 is 1.21 bits per heavy atom. The highest BCUT2D eigenvalue weighted by Crippen LogP contribution is 2.32. The van der Waals surface area contributed by atoms with Crippen molar-refractivity contribution in [2.45, 2.75) is 65.1 Å². The van der Waals surface area contributed by atoms with E-state index in [1.807, 2.05) is 11.8 Å². The Balaban J connectivity index is 1.38. The van der Waals surface area contributed by atoms with Gasteiger partial charge in [0.25, 0.3) is 0 Å². The third-order valence-electron chi connectivity index (χ3n) is 6.76. The predicted octanol–water partition coefficient (Wildman–Crippen LogP) is 4.80. The Morgan fingerprint density at radius 3 is 2.70 bits per heavy atom. The SMILES string of the molecule is CCCCOc1c(C)c(COC2CCN(C(=O)C3CCOCC3)CC2)nc2ccc(F)cc12. The zero-order chi connectivity index (χ0) is 23.2. The molecule has 0 aliphatic carbocycles. The van der Waals surface area contributed by atoms with Gasteiger partial charge in [0.05, 0.1) is 30.5 Å². The van der Waals surface area contributed by atoms with E-state index >= 15 is 0 Å². The maximum Gasteiger partial charge on any atom is 0.225 e. The van der Waals surface area contributed by atoms with E-state index < -0.39 is 0 Å². The highest BCUT2D eigenvalue weighted by Gasteiger charge is 2.29. The van der Waals surface area contributed by atoms with Gasteiger partial charge in [-0.2, -0.15) is 0 Å². The number of carbonyl (C=O) groups excluding carboxylic acids is 1. The number of likely N-dealkylation sites (tertiary alicyclic amines) is 1. The number of unbranched alkanes of at least 4 members (excludes halogenated alkanes) is 1. The summed E-state index contributed by atoms with van der Waals surface area (Å²) < 4.78 is 31.6.